The maximum Gasteiger partial charge on any atom is 0.146 e. The quantitative estimate of drug-likeness (QED) is 0.176. The molecule has 6 N–H and O–H groups in total. The third-order valence-corrected chi connectivity index (χ3v) is 4.64. The van der Waals surface area contributed by atoms with E-state index in [1.165, 1.54) is 18.3 Å². The molecule has 0 amide bonds. The molecule has 0 bridgehead atoms. The molecule has 5 heteroatoms. The fourth-order valence-corrected chi connectivity index (χ4v) is 3.12. The number of hydrogen-bond acceptors (Lipinski definition) is 5. The number of aldehydes is 1. The zero-order chi connectivity index (χ0) is 23.5. The maximum absolute atomic E-state index is 11.4. The Hall–Kier alpha value is -2.79. The fourth-order valence-electron chi connectivity index (χ4n) is 3.12. The summed E-state index contributed by atoms with van der Waals surface area (Å²) in [5.41, 5.74) is 16.3. The third-order valence-electron chi connectivity index (χ3n) is 4.64. The van der Waals surface area contributed by atoms with E-state index in [1.807, 2.05) is 31.3 Å². The molecular weight excluding hydrogens is 384 g/mol. The summed E-state index contributed by atoms with van der Waals surface area (Å²) in [6, 6.07) is 7.61. The molecule has 1 aliphatic carbocycles. The lowest BCUT2D eigenvalue weighted by Crippen LogP contribution is -2.17. The molecule has 1 aliphatic rings. The highest BCUT2D eigenvalue weighted by Gasteiger charge is 2.11. The zero-order valence-corrected chi connectivity index (χ0v) is 20.0. The number of anilines is 2. The van der Waals surface area contributed by atoms with Crippen molar-refractivity contribution in [2.24, 2.45) is 5.73 Å². The van der Waals surface area contributed by atoms with E-state index in [1.54, 1.807) is 0 Å². The molecular formula is C26H42N4O. The summed E-state index contributed by atoms with van der Waals surface area (Å²) in [6.45, 7) is 6.36. The first-order chi connectivity index (χ1) is 15.1. The normalized spacial score (nSPS) is 13.5. The molecule has 0 atom stereocenters. The van der Waals surface area contributed by atoms with Crippen molar-refractivity contribution >= 4 is 17.7 Å². The van der Waals surface area contributed by atoms with E-state index in [0.29, 0.717) is 0 Å². The van der Waals surface area contributed by atoms with Crippen molar-refractivity contribution in [2.45, 2.75) is 59.3 Å². The van der Waals surface area contributed by atoms with Crippen LogP contribution in [0.4, 0.5) is 11.4 Å². The van der Waals surface area contributed by atoms with Gasteiger partial charge in [-0.05, 0) is 80.6 Å². The first kappa shape index (κ1) is 28.2. The van der Waals surface area contributed by atoms with Gasteiger partial charge < -0.3 is 22.1 Å². The van der Waals surface area contributed by atoms with E-state index in [4.69, 9.17) is 5.73 Å². The van der Waals surface area contributed by atoms with Gasteiger partial charge in [-0.25, -0.2) is 0 Å². The number of nitrogens with one attached hydrogen (secondary N) is 2. The zero-order valence-electron chi connectivity index (χ0n) is 20.0. The SMILES string of the molecule is CC/C=C(NC1=CC=CCC1)/C(CC)=C(\C=O)CCC.CN.CNc1ccc(N)cc1. The molecule has 0 aromatic heterocycles. The summed E-state index contributed by atoms with van der Waals surface area (Å²) in [5.74, 6) is 0. The summed E-state index contributed by atoms with van der Waals surface area (Å²) in [7, 11) is 3.38. The van der Waals surface area contributed by atoms with Crippen molar-refractivity contribution in [3.8, 4) is 0 Å². The molecule has 5 nitrogen and oxygen atoms in total. The summed E-state index contributed by atoms with van der Waals surface area (Å²) in [4.78, 5) is 11.4. The first-order valence-corrected chi connectivity index (χ1v) is 11.2. The standard InChI is InChI=1S/C18H27NO.C7H10N2.CH5N/c1-4-10-15(14-20)17(6-3)18(11-5-2)19-16-12-8-7-9-13-16;1-9-7-4-2-6(8)3-5-7;1-2/h7-8,11-12,14,19H,4-6,9-10,13H2,1-3H3;2-5,9H,8H2,1H3;2H2,1H3/b17-15-,18-11-;;. The largest absolute Gasteiger partial charge is 0.399 e. The molecule has 172 valence electrons. The topological polar surface area (TPSA) is 93.2 Å². The Morgan fingerprint density at radius 2 is 1.81 bits per heavy atom. The van der Waals surface area contributed by atoms with Crippen LogP contribution in [0.3, 0.4) is 0 Å². The minimum atomic E-state index is 0.800. The lowest BCUT2D eigenvalue weighted by molar-refractivity contribution is -0.105. The highest BCUT2D eigenvalue weighted by Crippen LogP contribution is 2.22. The Labute approximate surface area is 189 Å². The highest BCUT2D eigenvalue weighted by atomic mass is 16.1. The summed E-state index contributed by atoms with van der Waals surface area (Å²) in [5, 5.41) is 6.53. The predicted molar refractivity (Wildman–Crippen MR) is 137 cm³/mol. The van der Waals surface area contributed by atoms with E-state index >= 15 is 0 Å². The Morgan fingerprint density at radius 1 is 1.13 bits per heavy atom. The Balaban J connectivity index is 0.000000679. The van der Waals surface area contributed by atoms with Gasteiger partial charge in [0.05, 0.1) is 0 Å². The van der Waals surface area contributed by atoms with Gasteiger partial charge in [-0.2, -0.15) is 0 Å². The molecule has 0 fully saturated rings. The number of carbonyl (C=O) groups excluding carboxylic acids is 1. The van der Waals surface area contributed by atoms with Crippen molar-refractivity contribution in [1.29, 1.82) is 0 Å². The average Bonchev–Trinajstić information content (AvgIpc) is 2.82. The molecule has 1 aromatic carbocycles. The van der Waals surface area contributed by atoms with Gasteiger partial charge in [0.15, 0.2) is 0 Å². The van der Waals surface area contributed by atoms with Crippen LogP contribution in [0.5, 0.6) is 0 Å². The molecule has 0 radical (unpaired) electrons. The summed E-state index contributed by atoms with van der Waals surface area (Å²) < 4.78 is 0. The number of nitrogen functional groups attached to an aromatic ring is 1. The van der Waals surface area contributed by atoms with E-state index in [2.05, 4.69) is 61.4 Å². The van der Waals surface area contributed by atoms with Crippen molar-refractivity contribution in [3.05, 3.63) is 71.1 Å². The van der Waals surface area contributed by atoms with Crippen LogP contribution in [0.15, 0.2) is 71.1 Å². The minimum Gasteiger partial charge on any atom is -0.399 e. The van der Waals surface area contributed by atoms with Crippen molar-refractivity contribution in [1.82, 2.24) is 5.32 Å². The van der Waals surface area contributed by atoms with Crippen LogP contribution in [0.25, 0.3) is 0 Å². The van der Waals surface area contributed by atoms with Gasteiger partial charge in [-0.15, -0.1) is 0 Å². The smallest absolute Gasteiger partial charge is 0.146 e. The van der Waals surface area contributed by atoms with Crippen LogP contribution < -0.4 is 22.1 Å². The van der Waals surface area contributed by atoms with E-state index in [-0.39, 0.29) is 0 Å². The molecule has 1 aromatic rings. The molecule has 0 saturated heterocycles. The number of hydrogen-bond donors (Lipinski definition) is 4. The predicted octanol–water partition coefficient (Wildman–Crippen LogP) is 5.69. The van der Waals surface area contributed by atoms with Crippen LogP contribution >= 0.6 is 0 Å². The first-order valence-electron chi connectivity index (χ1n) is 11.2. The lowest BCUT2D eigenvalue weighted by atomic mass is 9.98. The number of allylic oxidation sites excluding steroid dienone is 7. The van der Waals surface area contributed by atoms with E-state index in [0.717, 1.165) is 67.5 Å². The van der Waals surface area contributed by atoms with Crippen LogP contribution in [0.1, 0.15) is 59.3 Å². The minimum absolute atomic E-state index is 0.800. The number of nitrogens with two attached hydrogens (primary N) is 2. The summed E-state index contributed by atoms with van der Waals surface area (Å²) in [6.07, 6.45) is 15.5. The second-order valence-corrected chi connectivity index (χ2v) is 6.91. The van der Waals surface area contributed by atoms with E-state index < -0.39 is 0 Å². The summed E-state index contributed by atoms with van der Waals surface area (Å²) >= 11 is 0. The van der Waals surface area contributed by atoms with Gasteiger partial charge in [0, 0.05) is 29.8 Å². The average molecular weight is 427 g/mol. The van der Waals surface area contributed by atoms with Gasteiger partial charge in [0.2, 0.25) is 0 Å². The highest BCUT2D eigenvalue weighted by molar-refractivity contribution is 5.76. The van der Waals surface area contributed by atoms with Crippen molar-refractivity contribution in [2.75, 3.05) is 25.1 Å². The molecule has 31 heavy (non-hydrogen) atoms. The molecule has 0 saturated carbocycles. The maximum atomic E-state index is 11.4. The van der Waals surface area contributed by atoms with Crippen LogP contribution in [-0.2, 0) is 4.79 Å². The number of carbonyl (C=O) groups is 1. The molecule has 0 aliphatic heterocycles. The van der Waals surface area contributed by atoms with Crippen LogP contribution in [0, 0.1) is 0 Å². The fraction of sp³-hybridized carbons (Fsp3) is 0.423. The molecule has 0 unspecified atom stereocenters. The van der Waals surface area contributed by atoms with Gasteiger partial charge in [-0.1, -0.05) is 45.4 Å². The number of benzene rings is 1. The van der Waals surface area contributed by atoms with Crippen molar-refractivity contribution < 1.29 is 4.79 Å². The Morgan fingerprint density at radius 3 is 2.26 bits per heavy atom. The van der Waals surface area contributed by atoms with Gasteiger partial charge in [-0.3, -0.25) is 4.79 Å². The Kier molecular flexibility index (Phi) is 16.4. The van der Waals surface area contributed by atoms with Gasteiger partial charge in [0.25, 0.3) is 0 Å². The van der Waals surface area contributed by atoms with Crippen molar-refractivity contribution in [3.63, 3.8) is 0 Å². The molecule has 2 rings (SSSR count). The Bertz CT molecular complexity index is 743. The second-order valence-electron chi connectivity index (χ2n) is 6.91. The third kappa shape index (κ3) is 11.2. The molecule has 0 heterocycles. The molecule has 0 spiro atoms. The number of rotatable bonds is 9. The lowest BCUT2D eigenvalue weighted by Gasteiger charge is -2.19. The van der Waals surface area contributed by atoms with Crippen LogP contribution in [-0.4, -0.2) is 20.4 Å². The monoisotopic (exact) mass is 426 g/mol. The van der Waals surface area contributed by atoms with Crippen LogP contribution in [0.2, 0.25) is 0 Å². The van der Waals surface area contributed by atoms with E-state index in [9.17, 15) is 4.79 Å². The van der Waals surface area contributed by atoms with Gasteiger partial charge in [0.1, 0.15) is 6.29 Å². The van der Waals surface area contributed by atoms with Gasteiger partial charge >= 0.3 is 0 Å². The second kappa shape index (κ2) is 18.0.